The first-order valence-corrected chi connectivity index (χ1v) is 36.6. The van der Waals surface area contributed by atoms with Gasteiger partial charge in [0.1, 0.15) is 0.594 Å². The summed E-state index contributed by atoms with van der Waals surface area (Å²) in [6.45, 7) is 9.73. The molecule has 3 rings (SSSR count). The van der Waals surface area contributed by atoms with Crippen molar-refractivity contribution in [3.63, 3.8) is 0 Å². The van der Waals surface area contributed by atoms with Crippen molar-refractivity contribution in [3.05, 3.63) is 35.4 Å². The topological polar surface area (TPSA) is 235 Å². The van der Waals surface area contributed by atoms with Crippen molar-refractivity contribution in [3.8, 4) is 0 Å². The average Bonchev–Trinajstić information content (AvgIpc) is 3.43. The molecule has 0 heterocycles. The molecule has 0 N–H and O–H groups in total. The highest BCUT2D eigenvalue weighted by Crippen LogP contribution is 2.47. The molecule has 1 aromatic rings. The number of carbonyl (C=O) groups excluding carboxylic acids is 8. The van der Waals surface area contributed by atoms with Crippen molar-refractivity contribution in [1.29, 1.82) is 1.87 Å². The van der Waals surface area contributed by atoms with Crippen molar-refractivity contribution < 1.29 is 38.4 Å². The number of isocyanates is 8. The Morgan fingerprint density at radius 2 is 1.09 bits per heavy atom. The molecule has 456 valence electrons. The normalized spacial score (nSPS) is 17.5. The Morgan fingerprint density at radius 1 is 0.662 bits per heavy atom. The number of thioether (sulfide) groups is 3. The van der Waals surface area contributed by atoms with Crippen LogP contribution in [0.3, 0.4) is 0 Å². The van der Waals surface area contributed by atoms with Crippen LogP contribution in [-0.4, -0.2) is 146 Å². The first-order valence-electron chi connectivity index (χ1n) is 25.1. The van der Waals surface area contributed by atoms with Gasteiger partial charge in [0.2, 0.25) is 48.6 Å². The molecule has 0 aliphatic heterocycles. The molecule has 6 atom stereocenters. The van der Waals surface area contributed by atoms with Crippen LogP contribution in [0.5, 0.6) is 0 Å². The number of halogens is 3. The third-order valence-electron chi connectivity index (χ3n) is 10.8. The van der Waals surface area contributed by atoms with E-state index in [1.807, 2.05) is 59.6 Å². The smallest absolute Gasteiger partial charge is 0.211 e. The fourth-order valence-electron chi connectivity index (χ4n) is 8.16. The monoisotopic (exact) mass is 1600 g/mol. The van der Waals surface area contributed by atoms with Gasteiger partial charge < -0.3 is 0 Å². The molecular formula is C53H88I3N8O8PS7. The van der Waals surface area contributed by atoms with Gasteiger partial charge in [-0.3, -0.25) is 0 Å². The van der Waals surface area contributed by atoms with Gasteiger partial charge in [-0.25, -0.2) is 78.3 Å². The van der Waals surface area contributed by atoms with Crippen LogP contribution in [0.15, 0.2) is 64.2 Å². The Labute approximate surface area is 560 Å². The number of aliphatic imine (C=N–C) groups is 8. The summed E-state index contributed by atoms with van der Waals surface area (Å²) in [4.78, 5) is 108. The lowest BCUT2D eigenvalue weighted by Gasteiger charge is -2.44. The van der Waals surface area contributed by atoms with Gasteiger partial charge >= 0.3 is 0 Å². The number of rotatable bonds is 30. The standard InChI is InChI=1S/C12H18N2O2.C10H14N2O2.C10H8N2O2.C10H22S7.C8H12N2O2.3CH4.HI2P.HI/c1-11(2)4-10(14-9-16)5-12(3,6-11)7-13-8-15;2*13-7-11-5-9-2-1-3-10(4-9)6-12-8-14;11-1-3-15-7-9(5-13)17-10(6-14)8-16-4-2-12;11-7-9-5-3-1-2-4-6-10-8-12;;;;1-3-2;/h10H,4-7H2,1-3H3;9-10H,1-6H2;1-4H,5-6H2;9-14H,1-8H2;1-6H2;3*1H4;3H;1H/i;;;;;;;;3D;/hD. The molecule has 2 aliphatic rings. The fraction of sp³-hybridized carbons (Fsp3) is 0.736. The van der Waals surface area contributed by atoms with Gasteiger partial charge in [-0.15, -0.1) is 23.8 Å². The molecule has 0 aromatic heterocycles. The maximum Gasteiger partial charge on any atom is 0.235 e. The summed E-state index contributed by atoms with van der Waals surface area (Å²) in [6, 6.07) is 7.35. The van der Waals surface area contributed by atoms with Crippen LogP contribution in [0.4, 0.5) is 0 Å². The van der Waals surface area contributed by atoms with Crippen molar-refractivity contribution in [1.82, 2.24) is 0 Å². The summed E-state index contributed by atoms with van der Waals surface area (Å²) in [6.07, 6.45) is 23.1. The Morgan fingerprint density at radius 3 is 1.46 bits per heavy atom. The molecule has 0 bridgehead atoms. The molecule has 2 saturated carbocycles. The minimum Gasteiger partial charge on any atom is -0.211 e. The number of unbranched alkanes of at least 4 members (excludes halogenated alkanes) is 3. The summed E-state index contributed by atoms with van der Waals surface area (Å²) in [5.74, 6) is 9.38. The van der Waals surface area contributed by atoms with Gasteiger partial charge in [0.15, 0.2) is 0 Å². The summed E-state index contributed by atoms with van der Waals surface area (Å²) < 4.78 is 11.9. The van der Waals surface area contributed by atoms with Gasteiger partial charge in [-0.05, 0) is 141 Å². The van der Waals surface area contributed by atoms with E-state index >= 15 is 0 Å². The SMILES string of the molecule is C.C.C.CC1(C)CC(N=C=O)CC(C)(CN=C=O)C1.O=C=NCC1CCCC(CN=C=O)C1.O=C=NCCCCCCN=C=O.O=C=NCc1cccc(CN=C=O)c1.SCCSCC(CS)SC(CS)CSCCS.[2H]I.[2H]P(I)I. The van der Waals surface area contributed by atoms with Crippen LogP contribution in [0.1, 0.15) is 125 Å². The van der Waals surface area contributed by atoms with E-state index in [4.69, 9.17) is 1.87 Å². The molecule has 0 saturated heterocycles. The van der Waals surface area contributed by atoms with Crippen LogP contribution in [0.25, 0.3) is 0 Å². The van der Waals surface area contributed by atoms with Gasteiger partial charge in [0.05, 0.1) is 53.1 Å². The van der Waals surface area contributed by atoms with E-state index < -0.39 is 3.81 Å². The van der Waals surface area contributed by atoms with Gasteiger partial charge in [-0.2, -0.15) is 85.8 Å². The van der Waals surface area contributed by atoms with Crippen LogP contribution in [0.2, 0.25) is 0 Å². The van der Waals surface area contributed by atoms with Crippen molar-refractivity contribution in [2.45, 2.75) is 143 Å². The third-order valence-corrected chi connectivity index (χ3v) is 17.4. The fourth-order valence-corrected chi connectivity index (χ4v) is 13.3. The molecule has 0 amide bonds. The maximum atomic E-state index is 10.3. The van der Waals surface area contributed by atoms with E-state index in [1.165, 1.54) is 59.6 Å². The predicted octanol–water partition coefficient (Wildman–Crippen LogP) is 14.8. The highest BCUT2D eigenvalue weighted by atomic mass is 127. The molecular weight excluding hydrogens is 1510 g/mol. The molecule has 6 unspecified atom stereocenters. The van der Waals surface area contributed by atoms with Crippen LogP contribution < -0.4 is 0 Å². The minimum absolute atomic E-state index is 0. The quantitative estimate of drug-likeness (QED) is 0.0141. The number of hydrogen-bond donors (Lipinski definition) is 4. The zero-order valence-electron chi connectivity index (χ0n) is 46.0. The van der Waals surface area contributed by atoms with Crippen LogP contribution in [0, 0.1) is 22.7 Å². The minimum atomic E-state index is -0.430. The van der Waals surface area contributed by atoms with Crippen molar-refractivity contribution in [2.24, 2.45) is 62.6 Å². The van der Waals surface area contributed by atoms with Gasteiger partial charge in [-0.1, -0.05) is 86.6 Å². The number of thiol groups is 4. The van der Waals surface area contributed by atoms with Gasteiger partial charge in [0.25, 0.3) is 0 Å². The van der Waals surface area contributed by atoms with E-state index in [0.29, 0.717) is 68.1 Å². The van der Waals surface area contributed by atoms with Crippen LogP contribution in [-0.2, 0) is 51.4 Å². The molecule has 2 fully saturated rings. The van der Waals surface area contributed by atoms with E-state index in [-0.39, 0.29) is 39.2 Å². The molecule has 2 aliphatic carbocycles. The average molecular weight is 1600 g/mol. The Kier molecular flexibility index (Phi) is 76.1. The third kappa shape index (κ3) is 60.5. The van der Waals surface area contributed by atoms with E-state index in [9.17, 15) is 38.4 Å². The zero-order chi connectivity index (χ0) is 60.3. The summed E-state index contributed by atoms with van der Waals surface area (Å²) >= 11 is 28.9. The summed E-state index contributed by atoms with van der Waals surface area (Å²) in [7, 11) is 0. The maximum absolute atomic E-state index is 10.3. The van der Waals surface area contributed by atoms with E-state index in [1.54, 1.807) is 24.3 Å². The highest BCUT2D eigenvalue weighted by Gasteiger charge is 2.41. The lowest BCUT2D eigenvalue weighted by molar-refractivity contribution is 0.0915. The van der Waals surface area contributed by atoms with Crippen LogP contribution >= 0.6 is 157 Å². The largest absolute Gasteiger partial charge is 0.235 e. The first kappa shape index (κ1) is 88.1. The number of hydrogen-bond acceptors (Lipinski definition) is 23. The molecule has 0 radical (unpaired) electrons. The van der Waals surface area contributed by atoms with Crippen molar-refractivity contribution in [2.75, 3.05) is 78.7 Å². The number of nitrogens with zero attached hydrogens (tertiary/aromatic N) is 8. The Bertz CT molecular complexity index is 2020. The second kappa shape index (κ2) is 69.1. The Hall–Kier alpha value is -0.670. The zero-order valence-corrected chi connectivity index (χ0v) is 57.4. The predicted molar refractivity (Wildman–Crippen MR) is 384 cm³/mol. The highest BCUT2D eigenvalue weighted by molar-refractivity contribution is 14.3. The Balaban J connectivity index is -0.000000166. The van der Waals surface area contributed by atoms with E-state index in [0.717, 1.165) is 116 Å². The molecule has 1 aromatic carbocycles. The molecule has 80 heavy (non-hydrogen) atoms. The van der Waals surface area contributed by atoms with Gasteiger partial charge in [0, 0.05) is 48.8 Å². The number of benzene rings is 1. The second-order valence-corrected chi connectivity index (χ2v) is 32.1. The lowest BCUT2D eigenvalue weighted by atomic mass is 9.63. The molecule has 27 heteroatoms. The van der Waals surface area contributed by atoms with Crippen molar-refractivity contribution >= 4 is 206 Å². The summed E-state index contributed by atoms with van der Waals surface area (Å²) in [5.41, 5.74) is 1.85. The summed E-state index contributed by atoms with van der Waals surface area (Å²) in [5, 5.41) is 1.27. The second-order valence-electron chi connectivity index (χ2n) is 18.0. The van der Waals surface area contributed by atoms with E-state index in [2.05, 4.69) is 155 Å². The molecule has 0 spiro atoms. The lowest BCUT2D eigenvalue weighted by Crippen LogP contribution is -2.39. The first-order chi connectivity index (χ1) is 38.1. The molecule has 16 nitrogen and oxygen atoms in total.